The quantitative estimate of drug-likeness (QED) is 0.832. The van der Waals surface area contributed by atoms with Crippen molar-refractivity contribution in [3.63, 3.8) is 0 Å². The third-order valence-corrected chi connectivity index (χ3v) is 2.70. The molecule has 4 nitrogen and oxygen atoms in total. The second-order valence-corrected chi connectivity index (χ2v) is 5.42. The standard InChI is InChI=1S/C14H19NO3/c1-14(2,3)15-7-6-11(16)10-4-5-12-13(8-10)18-9-17-12/h4-5,8,15H,6-7,9H2,1-3H3. The summed E-state index contributed by atoms with van der Waals surface area (Å²) in [6.07, 6.45) is 0.483. The minimum Gasteiger partial charge on any atom is -0.454 e. The molecule has 0 atom stereocenters. The number of fused-ring (bicyclic) bond motifs is 1. The van der Waals surface area contributed by atoms with Crippen molar-refractivity contribution >= 4 is 5.78 Å². The van der Waals surface area contributed by atoms with Crippen LogP contribution in [0.3, 0.4) is 0 Å². The van der Waals surface area contributed by atoms with Crippen LogP contribution in [0.5, 0.6) is 11.5 Å². The van der Waals surface area contributed by atoms with E-state index in [4.69, 9.17) is 9.47 Å². The highest BCUT2D eigenvalue weighted by molar-refractivity contribution is 5.96. The lowest BCUT2D eigenvalue weighted by molar-refractivity contribution is 0.0980. The van der Waals surface area contributed by atoms with Crippen LogP contribution in [0.1, 0.15) is 37.6 Å². The summed E-state index contributed by atoms with van der Waals surface area (Å²) in [6, 6.07) is 5.32. The molecule has 0 spiro atoms. The lowest BCUT2D eigenvalue weighted by Crippen LogP contribution is -2.37. The number of ketones is 1. The molecule has 0 saturated heterocycles. The number of carbonyl (C=O) groups is 1. The molecule has 0 aromatic heterocycles. The molecule has 1 aromatic carbocycles. The molecule has 98 valence electrons. The van der Waals surface area contributed by atoms with Gasteiger partial charge >= 0.3 is 0 Å². The number of rotatable bonds is 4. The first-order valence-electron chi connectivity index (χ1n) is 6.13. The Hall–Kier alpha value is -1.55. The number of ether oxygens (including phenoxy) is 2. The van der Waals surface area contributed by atoms with Crippen LogP contribution < -0.4 is 14.8 Å². The van der Waals surface area contributed by atoms with Crippen molar-refractivity contribution in [3.8, 4) is 11.5 Å². The Morgan fingerprint density at radius 3 is 2.72 bits per heavy atom. The minimum atomic E-state index is 0.0369. The number of hydrogen-bond donors (Lipinski definition) is 1. The van der Waals surface area contributed by atoms with Gasteiger partial charge in [-0.1, -0.05) is 0 Å². The van der Waals surface area contributed by atoms with Gasteiger partial charge in [-0.05, 0) is 39.0 Å². The summed E-state index contributed by atoms with van der Waals surface area (Å²) in [5.74, 6) is 1.48. The zero-order valence-electron chi connectivity index (χ0n) is 11.1. The summed E-state index contributed by atoms with van der Waals surface area (Å²) in [4.78, 5) is 12.0. The Bertz CT molecular complexity index is 449. The number of nitrogens with one attached hydrogen (secondary N) is 1. The SMILES string of the molecule is CC(C)(C)NCCC(=O)c1ccc2c(c1)OCO2. The largest absolute Gasteiger partial charge is 0.454 e. The van der Waals surface area contributed by atoms with E-state index < -0.39 is 0 Å². The van der Waals surface area contributed by atoms with Crippen molar-refractivity contribution in [1.29, 1.82) is 0 Å². The van der Waals surface area contributed by atoms with E-state index >= 15 is 0 Å². The molecule has 1 aromatic rings. The first-order chi connectivity index (χ1) is 8.46. The maximum atomic E-state index is 12.0. The highest BCUT2D eigenvalue weighted by Gasteiger charge is 2.16. The molecule has 1 N–H and O–H groups in total. The van der Waals surface area contributed by atoms with Crippen molar-refractivity contribution < 1.29 is 14.3 Å². The second kappa shape index (κ2) is 4.98. The molecule has 0 fully saturated rings. The minimum absolute atomic E-state index is 0.0369. The fourth-order valence-corrected chi connectivity index (χ4v) is 1.77. The Morgan fingerprint density at radius 2 is 2.00 bits per heavy atom. The van der Waals surface area contributed by atoms with E-state index in [1.165, 1.54) is 0 Å². The van der Waals surface area contributed by atoms with Gasteiger partial charge < -0.3 is 14.8 Å². The monoisotopic (exact) mass is 249 g/mol. The first-order valence-corrected chi connectivity index (χ1v) is 6.13. The van der Waals surface area contributed by atoms with Crippen LogP contribution in [0.15, 0.2) is 18.2 Å². The highest BCUT2D eigenvalue weighted by Crippen LogP contribution is 2.32. The van der Waals surface area contributed by atoms with Gasteiger partial charge in [-0.15, -0.1) is 0 Å². The van der Waals surface area contributed by atoms with E-state index in [2.05, 4.69) is 26.1 Å². The molecular weight excluding hydrogens is 230 g/mol. The maximum Gasteiger partial charge on any atom is 0.231 e. The van der Waals surface area contributed by atoms with Crippen molar-refractivity contribution in [2.24, 2.45) is 0 Å². The normalized spacial score (nSPS) is 13.7. The van der Waals surface area contributed by atoms with Crippen LogP contribution in [-0.2, 0) is 0 Å². The molecule has 0 unspecified atom stereocenters. The Labute approximate surface area is 107 Å². The third-order valence-electron chi connectivity index (χ3n) is 2.70. The molecule has 1 aliphatic rings. The molecular formula is C14H19NO3. The molecule has 2 rings (SSSR count). The van der Waals surface area contributed by atoms with E-state index in [0.717, 1.165) is 0 Å². The van der Waals surface area contributed by atoms with Crippen molar-refractivity contribution in [1.82, 2.24) is 5.32 Å². The van der Waals surface area contributed by atoms with Crippen LogP contribution in [-0.4, -0.2) is 24.7 Å². The molecule has 18 heavy (non-hydrogen) atoms. The lowest BCUT2D eigenvalue weighted by atomic mass is 10.1. The summed E-state index contributed by atoms with van der Waals surface area (Å²) in [6.45, 7) is 7.16. The molecule has 1 heterocycles. The molecule has 0 amide bonds. The molecule has 4 heteroatoms. The van der Waals surface area contributed by atoms with Crippen molar-refractivity contribution in [3.05, 3.63) is 23.8 Å². The molecule has 0 radical (unpaired) electrons. The summed E-state index contributed by atoms with van der Waals surface area (Å²) in [5.41, 5.74) is 0.713. The van der Waals surface area contributed by atoms with E-state index in [-0.39, 0.29) is 18.1 Å². The Balaban J connectivity index is 1.93. The molecule has 1 aliphatic heterocycles. The average molecular weight is 249 g/mol. The van der Waals surface area contributed by atoms with Gasteiger partial charge in [0.2, 0.25) is 6.79 Å². The van der Waals surface area contributed by atoms with Crippen molar-refractivity contribution in [2.45, 2.75) is 32.7 Å². The van der Waals surface area contributed by atoms with Gasteiger partial charge in [0.1, 0.15) is 0 Å². The van der Waals surface area contributed by atoms with Gasteiger partial charge in [-0.25, -0.2) is 0 Å². The molecule has 0 aliphatic carbocycles. The van der Waals surface area contributed by atoms with Gasteiger partial charge in [-0.3, -0.25) is 4.79 Å². The first kappa shape index (κ1) is 12.9. The summed E-state index contributed by atoms with van der Waals surface area (Å²) < 4.78 is 10.5. The Kier molecular flexibility index (Phi) is 3.57. The highest BCUT2D eigenvalue weighted by atomic mass is 16.7. The zero-order valence-corrected chi connectivity index (χ0v) is 11.1. The van der Waals surface area contributed by atoms with Gasteiger partial charge in [0.05, 0.1) is 0 Å². The van der Waals surface area contributed by atoms with Gasteiger partial charge in [0.15, 0.2) is 17.3 Å². The predicted molar refractivity (Wildman–Crippen MR) is 69.3 cm³/mol. The number of carbonyl (C=O) groups excluding carboxylic acids is 1. The summed E-state index contributed by atoms with van der Waals surface area (Å²) >= 11 is 0. The lowest BCUT2D eigenvalue weighted by Gasteiger charge is -2.20. The number of benzene rings is 1. The third kappa shape index (κ3) is 3.23. The zero-order chi connectivity index (χ0) is 13.2. The van der Waals surface area contributed by atoms with E-state index in [1.54, 1.807) is 18.2 Å². The fraction of sp³-hybridized carbons (Fsp3) is 0.500. The van der Waals surface area contributed by atoms with Crippen LogP contribution in [0.2, 0.25) is 0 Å². The van der Waals surface area contributed by atoms with Crippen LogP contribution in [0.25, 0.3) is 0 Å². The van der Waals surface area contributed by atoms with Crippen LogP contribution >= 0.6 is 0 Å². The maximum absolute atomic E-state index is 12.0. The second-order valence-electron chi connectivity index (χ2n) is 5.42. The average Bonchev–Trinajstić information content (AvgIpc) is 2.73. The summed E-state index contributed by atoms with van der Waals surface area (Å²) in [5, 5.41) is 3.30. The smallest absolute Gasteiger partial charge is 0.231 e. The van der Waals surface area contributed by atoms with Crippen LogP contribution in [0.4, 0.5) is 0 Å². The summed E-state index contributed by atoms with van der Waals surface area (Å²) in [7, 11) is 0. The van der Waals surface area contributed by atoms with Gasteiger partial charge in [0, 0.05) is 24.1 Å². The van der Waals surface area contributed by atoms with E-state index in [9.17, 15) is 4.79 Å². The predicted octanol–water partition coefficient (Wildman–Crippen LogP) is 2.38. The molecule has 0 bridgehead atoms. The fourth-order valence-electron chi connectivity index (χ4n) is 1.77. The van der Waals surface area contributed by atoms with Gasteiger partial charge in [-0.2, -0.15) is 0 Å². The van der Waals surface area contributed by atoms with E-state index in [1.807, 2.05) is 0 Å². The van der Waals surface area contributed by atoms with Crippen molar-refractivity contribution in [2.75, 3.05) is 13.3 Å². The van der Waals surface area contributed by atoms with Gasteiger partial charge in [0.25, 0.3) is 0 Å². The molecule has 0 saturated carbocycles. The number of Topliss-reactive ketones (excluding diaryl/α,β-unsaturated/α-hetero) is 1. The Morgan fingerprint density at radius 1 is 1.28 bits per heavy atom. The van der Waals surface area contributed by atoms with E-state index in [0.29, 0.717) is 30.0 Å². The number of hydrogen-bond acceptors (Lipinski definition) is 4. The van der Waals surface area contributed by atoms with Crippen LogP contribution in [0, 0.1) is 0 Å². The topological polar surface area (TPSA) is 47.6 Å².